The third-order valence-electron chi connectivity index (χ3n) is 11.4. The average molecular weight is 959 g/mol. The van der Waals surface area contributed by atoms with E-state index >= 15 is 0 Å². The van der Waals surface area contributed by atoms with Crippen molar-refractivity contribution in [3.8, 4) is 17.3 Å². The van der Waals surface area contributed by atoms with Gasteiger partial charge in [0.25, 0.3) is 0 Å². The first-order valence-electron chi connectivity index (χ1n) is 20.4. The number of allylic oxidation sites excluding steroid dienone is 2. The molecular formula is C53H55N4OPt-3. The van der Waals surface area contributed by atoms with Gasteiger partial charge in [-0.15, -0.1) is 48.1 Å². The van der Waals surface area contributed by atoms with E-state index in [1.165, 1.54) is 28.1 Å². The molecule has 0 atom stereocenters. The molecule has 2 aromatic heterocycles. The second kappa shape index (κ2) is 15.5. The van der Waals surface area contributed by atoms with E-state index in [2.05, 4.69) is 212 Å². The first kappa shape index (κ1) is 42.0. The molecule has 8 rings (SSSR count). The van der Waals surface area contributed by atoms with Crippen LogP contribution in [0, 0.1) is 29.6 Å². The summed E-state index contributed by atoms with van der Waals surface area (Å²) in [5.74, 6) is 2.07. The summed E-state index contributed by atoms with van der Waals surface area (Å²) < 4.78 is 8.87. The standard InChI is InChI=1S/C53H55N4O.Pt/c1-50(2,3)36-24-26-39(27-25-36)55-35-56(49(52(7,8)9)48(55)51(4,5)6)40-20-17-21-41(33-40)58-42-28-29-44-43-22-15-16-23-45(43)57(46(44)34-42)47-32-38(30-31-54-47)53(10,11)37-18-13-12-14-19-37;/h12-32,35H,1-11H3;/q-3;. The molecule has 0 spiro atoms. The second-order valence-corrected chi connectivity index (χ2v) is 19.2. The predicted molar refractivity (Wildman–Crippen MR) is 242 cm³/mol. The van der Waals surface area contributed by atoms with Crippen LogP contribution in [0.5, 0.6) is 11.5 Å². The summed E-state index contributed by atoms with van der Waals surface area (Å²) in [7, 11) is 0. The largest absolute Gasteiger partial charge is 0.509 e. The Balaban J connectivity index is 0.00000528. The zero-order chi connectivity index (χ0) is 41.2. The van der Waals surface area contributed by atoms with Gasteiger partial charge in [-0.2, -0.15) is 12.1 Å². The zero-order valence-electron chi connectivity index (χ0n) is 36.2. The van der Waals surface area contributed by atoms with Crippen LogP contribution < -0.4 is 14.5 Å². The Morgan fingerprint density at radius 1 is 0.542 bits per heavy atom. The van der Waals surface area contributed by atoms with Gasteiger partial charge >= 0.3 is 0 Å². The number of hydrogen-bond donors (Lipinski definition) is 0. The molecule has 59 heavy (non-hydrogen) atoms. The molecule has 1 aliphatic heterocycles. The number of rotatable bonds is 7. The number of nitrogens with zero attached hydrogens (tertiary/aromatic N) is 4. The Labute approximate surface area is 366 Å². The molecule has 0 amide bonds. The minimum Gasteiger partial charge on any atom is -0.509 e. The first-order chi connectivity index (χ1) is 27.4. The van der Waals surface area contributed by atoms with Crippen LogP contribution >= 0.6 is 0 Å². The summed E-state index contributed by atoms with van der Waals surface area (Å²) in [4.78, 5) is 9.59. The fraction of sp³-hybridized carbons (Fsp3) is 0.283. The van der Waals surface area contributed by atoms with Gasteiger partial charge in [0.1, 0.15) is 5.82 Å². The molecule has 5 nitrogen and oxygen atoms in total. The van der Waals surface area contributed by atoms with Crippen molar-refractivity contribution in [1.82, 2.24) is 9.55 Å². The van der Waals surface area contributed by atoms with Gasteiger partial charge in [0, 0.05) is 77.6 Å². The molecule has 0 bridgehead atoms. The predicted octanol–water partition coefficient (Wildman–Crippen LogP) is 13.9. The molecular weight excluding hydrogens is 904 g/mol. The van der Waals surface area contributed by atoms with E-state index in [4.69, 9.17) is 9.72 Å². The van der Waals surface area contributed by atoms with Gasteiger partial charge in [-0.3, -0.25) is 0 Å². The Morgan fingerprint density at radius 2 is 1.19 bits per heavy atom. The van der Waals surface area contributed by atoms with Gasteiger partial charge in [0.15, 0.2) is 0 Å². The van der Waals surface area contributed by atoms with Crippen LogP contribution in [-0.4, -0.2) is 9.55 Å². The number of hydrogen-bond acceptors (Lipinski definition) is 4. The third kappa shape index (κ3) is 7.99. The normalized spacial score (nSPS) is 14.0. The molecule has 1 aliphatic rings. The summed E-state index contributed by atoms with van der Waals surface area (Å²) in [6.45, 7) is 27.3. The third-order valence-corrected chi connectivity index (χ3v) is 11.4. The van der Waals surface area contributed by atoms with Crippen LogP contribution in [0.3, 0.4) is 0 Å². The fourth-order valence-electron chi connectivity index (χ4n) is 8.27. The van der Waals surface area contributed by atoms with Crippen molar-refractivity contribution in [3.05, 3.63) is 174 Å². The number of benzene rings is 5. The van der Waals surface area contributed by atoms with Crippen LogP contribution in [-0.2, 0) is 31.9 Å². The summed E-state index contributed by atoms with van der Waals surface area (Å²) in [6, 6.07) is 50.0. The van der Waals surface area contributed by atoms with Gasteiger partial charge in [0.05, 0.1) is 0 Å². The zero-order valence-corrected chi connectivity index (χ0v) is 38.5. The number of anilines is 2. The molecule has 306 valence electrons. The number of fused-ring (bicyclic) bond motifs is 3. The average Bonchev–Trinajstić information content (AvgIpc) is 3.76. The van der Waals surface area contributed by atoms with Crippen molar-refractivity contribution in [2.45, 2.75) is 87.0 Å². The van der Waals surface area contributed by atoms with Gasteiger partial charge in [0.2, 0.25) is 0 Å². The fourth-order valence-corrected chi connectivity index (χ4v) is 8.27. The van der Waals surface area contributed by atoms with Crippen LogP contribution in [0.2, 0.25) is 0 Å². The van der Waals surface area contributed by atoms with Crippen LogP contribution in [0.4, 0.5) is 11.4 Å². The van der Waals surface area contributed by atoms with Crippen LogP contribution in [0.1, 0.15) is 92.9 Å². The Hall–Kier alpha value is -5.12. The SMILES string of the molecule is CC(C)(C)C1=C(C(C)(C)C)N(c2ccc(C(C)(C)C)cc2)[CH-]N1c1[c-]c(Oc2[c-]c3c(cc2)c2ccccc2n3-c2cc(C(C)(C)c3ccccc3)ccn2)ccc1.[Pt]. The summed E-state index contributed by atoms with van der Waals surface area (Å²) >= 11 is 0. The van der Waals surface area contributed by atoms with Crippen molar-refractivity contribution in [3.63, 3.8) is 0 Å². The van der Waals surface area contributed by atoms with Crippen molar-refractivity contribution in [2.24, 2.45) is 10.8 Å². The topological polar surface area (TPSA) is 33.5 Å². The first-order valence-corrected chi connectivity index (χ1v) is 20.4. The molecule has 7 aromatic rings. The Kier molecular flexibility index (Phi) is 11.0. The van der Waals surface area contributed by atoms with Gasteiger partial charge in [-0.1, -0.05) is 142 Å². The van der Waals surface area contributed by atoms with Crippen molar-refractivity contribution in [1.29, 1.82) is 0 Å². The molecule has 0 saturated heterocycles. The smallest absolute Gasteiger partial charge is 0.135 e. The summed E-state index contributed by atoms with van der Waals surface area (Å²) in [5, 5.41) is 2.23. The molecule has 0 N–H and O–H groups in total. The van der Waals surface area contributed by atoms with Crippen LogP contribution in [0.25, 0.3) is 27.6 Å². The molecule has 0 unspecified atom stereocenters. The molecule has 3 heterocycles. The molecule has 5 aromatic carbocycles. The van der Waals surface area contributed by atoms with E-state index in [-0.39, 0.29) is 42.7 Å². The molecule has 6 heteroatoms. The number of ether oxygens (including phenoxy) is 1. The second-order valence-electron chi connectivity index (χ2n) is 19.2. The van der Waals surface area contributed by atoms with Crippen molar-refractivity contribution in [2.75, 3.05) is 9.80 Å². The van der Waals surface area contributed by atoms with Gasteiger partial charge < -0.3 is 19.1 Å². The van der Waals surface area contributed by atoms with E-state index in [1.807, 2.05) is 24.4 Å². The maximum absolute atomic E-state index is 6.67. The van der Waals surface area contributed by atoms with E-state index in [0.717, 1.165) is 39.0 Å². The minimum atomic E-state index is -0.215. The number of para-hydroxylation sites is 1. The van der Waals surface area contributed by atoms with E-state index in [1.54, 1.807) is 0 Å². The number of pyridine rings is 1. The van der Waals surface area contributed by atoms with E-state index in [0.29, 0.717) is 11.5 Å². The van der Waals surface area contributed by atoms with Gasteiger partial charge in [-0.25, -0.2) is 4.98 Å². The monoisotopic (exact) mass is 958 g/mol. The Morgan fingerprint density at radius 3 is 1.86 bits per heavy atom. The quantitative estimate of drug-likeness (QED) is 0.149. The molecule has 0 fully saturated rings. The molecule has 0 aliphatic carbocycles. The van der Waals surface area contributed by atoms with Crippen molar-refractivity contribution >= 4 is 33.2 Å². The van der Waals surface area contributed by atoms with Crippen LogP contribution in [0.15, 0.2) is 139 Å². The maximum Gasteiger partial charge on any atom is 0.135 e. The Bertz CT molecular complexity index is 2650. The van der Waals surface area contributed by atoms with Gasteiger partial charge in [-0.05, 0) is 57.8 Å². The molecule has 0 saturated carbocycles. The van der Waals surface area contributed by atoms with E-state index < -0.39 is 0 Å². The van der Waals surface area contributed by atoms with Crippen molar-refractivity contribution < 1.29 is 25.8 Å². The molecule has 0 radical (unpaired) electrons. The maximum atomic E-state index is 6.67. The minimum absolute atomic E-state index is 0. The number of aromatic nitrogens is 2. The summed E-state index contributed by atoms with van der Waals surface area (Å²) in [5.41, 5.74) is 9.83. The summed E-state index contributed by atoms with van der Waals surface area (Å²) in [6.07, 6.45) is 1.92. The van der Waals surface area contributed by atoms with E-state index in [9.17, 15) is 0 Å².